The number of hydrogen-bond acceptors (Lipinski definition) is 5. The number of methoxy groups -OCH3 is 1. The minimum absolute atomic E-state index is 0.215. The maximum Gasteiger partial charge on any atom is 0.356 e. The molecule has 1 aliphatic rings. The summed E-state index contributed by atoms with van der Waals surface area (Å²) in [4.78, 5) is 19.6. The molecule has 6 heteroatoms. The van der Waals surface area contributed by atoms with E-state index in [-0.39, 0.29) is 5.69 Å². The Bertz CT molecular complexity index is 703. The molecule has 0 saturated carbocycles. The van der Waals surface area contributed by atoms with Crippen molar-refractivity contribution in [3.05, 3.63) is 40.8 Å². The van der Waals surface area contributed by atoms with Crippen LogP contribution in [-0.2, 0) is 11.2 Å². The van der Waals surface area contributed by atoms with Gasteiger partial charge in [0.05, 0.1) is 24.4 Å². The first-order valence-electron chi connectivity index (χ1n) is 6.55. The minimum Gasteiger partial charge on any atom is -0.492 e. The quantitative estimate of drug-likeness (QED) is 0.798. The number of halogens is 1. The van der Waals surface area contributed by atoms with Crippen LogP contribution in [0.4, 0.5) is 0 Å². The molecule has 0 amide bonds. The lowest BCUT2D eigenvalue weighted by Gasteiger charge is -2.19. The van der Waals surface area contributed by atoms with Gasteiger partial charge in [0.2, 0.25) is 0 Å². The molecule has 5 nitrogen and oxygen atoms in total. The van der Waals surface area contributed by atoms with Crippen LogP contribution in [0.5, 0.6) is 5.75 Å². The first kappa shape index (κ1) is 13.8. The van der Waals surface area contributed by atoms with Crippen LogP contribution in [0.3, 0.4) is 0 Å². The summed E-state index contributed by atoms with van der Waals surface area (Å²) >= 11 is 6.27. The molecule has 3 rings (SSSR count). The highest BCUT2D eigenvalue weighted by Gasteiger charge is 2.17. The number of carbonyl (C=O) groups excluding carboxylic acids is 1. The second-order valence-corrected chi connectivity index (χ2v) is 5.09. The number of aromatic nitrogens is 2. The highest BCUT2D eigenvalue weighted by atomic mass is 35.5. The predicted molar refractivity (Wildman–Crippen MR) is 77.6 cm³/mol. The molecule has 108 valence electrons. The Morgan fingerprint density at radius 3 is 3.00 bits per heavy atom. The molecule has 0 bridgehead atoms. The third kappa shape index (κ3) is 2.69. The molecule has 0 saturated heterocycles. The van der Waals surface area contributed by atoms with Gasteiger partial charge in [0.1, 0.15) is 12.1 Å². The predicted octanol–water partition coefficient (Wildman–Crippen LogP) is 2.91. The van der Waals surface area contributed by atoms with E-state index >= 15 is 0 Å². The fourth-order valence-corrected chi connectivity index (χ4v) is 2.61. The van der Waals surface area contributed by atoms with Gasteiger partial charge >= 0.3 is 5.97 Å². The zero-order valence-electron chi connectivity index (χ0n) is 11.4. The lowest BCUT2D eigenvalue weighted by molar-refractivity contribution is 0.0594. The molecule has 0 N–H and O–H groups in total. The number of ether oxygens (including phenoxy) is 2. The van der Waals surface area contributed by atoms with Crippen LogP contribution in [0.15, 0.2) is 24.5 Å². The maximum atomic E-state index is 11.5. The van der Waals surface area contributed by atoms with E-state index < -0.39 is 5.97 Å². The highest BCUT2D eigenvalue weighted by molar-refractivity contribution is 6.32. The number of nitrogens with zero attached hydrogens (tertiary/aromatic N) is 2. The second kappa shape index (κ2) is 5.69. The van der Waals surface area contributed by atoms with E-state index in [1.54, 1.807) is 12.1 Å². The molecule has 2 heterocycles. The van der Waals surface area contributed by atoms with Crippen molar-refractivity contribution in [2.75, 3.05) is 13.7 Å². The summed E-state index contributed by atoms with van der Waals surface area (Å²) < 4.78 is 10.3. The molecule has 0 unspecified atom stereocenters. The van der Waals surface area contributed by atoms with Crippen LogP contribution in [0.25, 0.3) is 11.3 Å². The average molecular weight is 305 g/mol. The van der Waals surface area contributed by atoms with Crippen LogP contribution in [0.1, 0.15) is 22.5 Å². The fraction of sp³-hybridized carbons (Fsp3) is 0.267. The monoisotopic (exact) mass is 304 g/mol. The van der Waals surface area contributed by atoms with E-state index in [4.69, 9.17) is 16.3 Å². The second-order valence-electron chi connectivity index (χ2n) is 4.68. The lowest BCUT2D eigenvalue weighted by atomic mass is 10.0. The van der Waals surface area contributed by atoms with Gasteiger partial charge in [0, 0.05) is 5.56 Å². The Balaban J connectivity index is 2.04. The molecule has 0 radical (unpaired) electrons. The molecule has 1 aromatic heterocycles. The number of rotatable bonds is 2. The van der Waals surface area contributed by atoms with Gasteiger partial charge in [0.15, 0.2) is 5.69 Å². The first-order chi connectivity index (χ1) is 10.2. The highest BCUT2D eigenvalue weighted by Crippen LogP contribution is 2.36. The molecule has 1 aromatic carbocycles. The molecular weight excluding hydrogens is 292 g/mol. The van der Waals surface area contributed by atoms with Gasteiger partial charge in [-0.25, -0.2) is 14.8 Å². The van der Waals surface area contributed by atoms with Gasteiger partial charge in [-0.1, -0.05) is 11.6 Å². The zero-order valence-corrected chi connectivity index (χ0v) is 12.2. The minimum atomic E-state index is -0.494. The summed E-state index contributed by atoms with van der Waals surface area (Å²) in [5, 5.41) is 0.556. The Kier molecular flexibility index (Phi) is 3.75. The third-order valence-electron chi connectivity index (χ3n) is 3.31. The first-order valence-corrected chi connectivity index (χ1v) is 6.93. The zero-order chi connectivity index (χ0) is 14.8. The topological polar surface area (TPSA) is 61.3 Å². The standard InChI is InChI=1S/C15H13ClN2O3/c1-20-15(19)13-7-12(17-8-18-13)10-5-9-3-2-4-21-14(9)11(16)6-10/h5-8H,2-4H2,1H3. The van der Waals surface area contributed by atoms with E-state index in [1.807, 2.05) is 6.07 Å². The molecule has 0 aliphatic carbocycles. The summed E-state index contributed by atoms with van der Waals surface area (Å²) in [6.45, 7) is 0.687. The van der Waals surface area contributed by atoms with Crippen molar-refractivity contribution in [3.63, 3.8) is 0 Å². The van der Waals surface area contributed by atoms with E-state index in [0.29, 0.717) is 17.3 Å². The Hall–Kier alpha value is -2.14. The van der Waals surface area contributed by atoms with E-state index in [2.05, 4.69) is 14.7 Å². The molecular formula is C15H13ClN2O3. The molecule has 1 aliphatic heterocycles. The molecule has 0 spiro atoms. The number of hydrogen-bond donors (Lipinski definition) is 0. The van der Waals surface area contributed by atoms with Crippen LogP contribution in [-0.4, -0.2) is 29.7 Å². The molecule has 0 fully saturated rings. The summed E-state index contributed by atoms with van der Waals surface area (Å²) in [5.41, 5.74) is 2.73. The summed E-state index contributed by atoms with van der Waals surface area (Å²) in [7, 11) is 1.32. The summed E-state index contributed by atoms with van der Waals surface area (Å²) in [6.07, 6.45) is 3.22. The van der Waals surface area contributed by atoms with Crippen molar-refractivity contribution in [1.82, 2.24) is 9.97 Å². The van der Waals surface area contributed by atoms with Gasteiger partial charge in [0.25, 0.3) is 0 Å². The third-order valence-corrected chi connectivity index (χ3v) is 3.60. The lowest BCUT2D eigenvalue weighted by Crippen LogP contribution is -2.09. The van der Waals surface area contributed by atoms with Crippen LogP contribution >= 0.6 is 11.6 Å². The van der Waals surface area contributed by atoms with Gasteiger partial charge in [-0.05, 0) is 36.6 Å². The SMILES string of the molecule is COC(=O)c1cc(-c2cc(Cl)c3c(c2)CCCO3)ncn1. The largest absolute Gasteiger partial charge is 0.492 e. The Labute approximate surface area is 126 Å². The van der Waals surface area contributed by atoms with Crippen molar-refractivity contribution in [2.24, 2.45) is 0 Å². The smallest absolute Gasteiger partial charge is 0.356 e. The fourth-order valence-electron chi connectivity index (χ4n) is 2.31. The maximum absolute atomic E-state index is 11.5. The molecule has 2 aromatic rings. The Morgan fingerprint density at radius 1 is 1.33 bits per heavy atom. The van der Waals surface area contributed by atoms with Gasteiger partial charge in [-0.2, -0.15) is 0 Å². The van der Waals surface area contributed by atoms with Crippen LogP contribution in [0.2, 0.25) is 5.02 Å². The average Bonchev–Trinajstić information content (AvgIpc) is 2.54. The van der Waals surface area contributed by atoms with Gasteiger partial charge in [-0.3, -0.25) is 0 Å². The number of aryl methyl sites for hydroxylation is 1. The van der Waals surface area contributed by atoms with Gasteiger partial charge in [-0.15, -0.1) is 0 Å². The number of carbonyl (C=O) groups is 1. The summed E-state index contributed by atoms with van der Waals surface area (Å²) in [5.74, 6) is 0.250. The Morgan fingerprint density at radius 2 is 2.19 bits per heavy atom. The van der Waals surface area contributed by atoms with Crippen molar-refractivity contribution in [1.29, 1.82) is 0 Å². The van der Waals surface area contributed by atoms with E-state index in [1.165, 1.54) is 13.4 Å². The van der Waals surface area contributed by atoms with Crippen molar-refractivity contribution < 1.29 is 14.3 Å². The number of esters is 1. The molecule has 0 atom stereocenters. The van der Waals surface area contributed by atoms with Crippen molar-refractivity contribution in [2.45, 2.75) is 12.8 Å². The number of benzene rings is 1. The van der Waals surface area contributed by atoms with Crippen molar-refractivity contribution >= 4 is 17.6 Å². The summed E-state index contributed by atoms with van der Waals surface area (Å²) in [6, 6.07) is 5.37. The van der Waals surface area contributed by atoms with Crippen molar-refractivity contribution in [3.8, 4) is 17.0 Å². The number of fused-ring (bicyclic) bond motifs is 1. The normalized spacial score (nSPS) is 13.2. The van der Waals surface area contributed by atoms with E-state index in [9.17, 15) is 4.79 Å². The molecule has 21 heavy (non-hydrogen) atoms. The van der Waals surface area contributed by atoms with E-state index in [0.717, 1.165) is 29.7 Å². The van der Waals surface area contributed by atoms with Crippen LogP contribution < -0.4 is 4.74 Å². The van der Waals surface area contributed by atoms with Gasteiger partial charge < -0.3 is 9.47 Å². The van der Waals surface area contributed by atoms with Crippen LogP contribution in [0, 0.1) is 0 Å².